The predicted molar refractivity (Wildman–Crippen MR) is 71.4 cm³/mol. The van der Waals surface area contributed by atoms with E-state index in [1.165, 1.54) is 19.2 Å². The number of benzene rings is 1. The number of halogens is 1. The molecule has 0 bridgehead atoms. The summed E-state index contributed by atoms with van der Waals surface area (Å²) in [6.07, 6.45) is 0.939. The number of aliphatic carboxylic acids is 1. The van der Waals surface area contributed by atoms with Gasteiger partial charge in [-0.25, -0.2) is 14.0 Å². The molecule has 20 heavy (non-hydrogen) atoms. The van der Waals surface area contributed by atoms with E-state index in [-0.39, 0.29) is 11.4 Å². The number of hydrogen-bond donors (Lipinski definition) is 3. The number of amides is 2. The van der Waals surface area contributed by atoms with Crippen molar-refractivity contribution in [3.63, 3.8) is 0 Å². The van der Waals surface area contributed by atoms with Gasteiger partial charge in [0.2, 0.25) is 0 Å². The van der Waals surface area contributed by atoms with Gasteiger partial charge >= 0.3 is 12.0 Å². The fraction of sp³-hybridized carbons (Fsp3) is 0.385. The van der Waals surface area contributed by atoms with Crippen molar-refractivity contribution in [2.24, 2.45) is 0 Å². The molecule has 0 radical (unpaired) electrons. The molecule has 0 aliphatic rings. The number of anilines is 1. The van der Waals surface area contributed by atoms with Crippen molar-refractivity contribution < 1.29 is 23.8 Å². The van der Waals surface area contributed by atoms with E-state index in [0.29, 0.717) is 12.8 Å². The van der Waals surface area contributed by atoms with Crippen molar-refractivity contribution in [3.05, 3.63) is 24.0 Å². The summed E-state index contributed by atoms with van der Waals surface area (Å²) in [6.45, 7) is 1.81. The summed E-state index contributed by atoms with van der Waals surface area (Å²) < 4.78 is 18.2. The average Bonchev–Trinajstić information content (AvgIpc) is 2.38. The molecule has 1 aromatic carbocycles. The largest absolute Gasteiger partial charge is 0.494 e. The number of carbonyl (C=O) groups excluding carboxylic acids is 1. The number of carboxylic acids is 1. The van der Waals surface area contributed by atoms with Crippen molar-refractivity contribution >= 4 is 17.7 Å². The molecule has 0 fully saturated rings. The molecule has 0 aliphatic heterocycles. The first kappa shape index (κ1) is 15.7. The molecule has 7 heteroatoms. The minimum Gasteiger partial charge on any atom is -0.494 e. The third-order valence-corrected chi connectivity index (χ3v) is 2.59. The van der Waals surface area contributed by atoms with Crippen LogP contribution in [0.4, 0.5) is 14.9 Å². The van der Waals surface area contributed by atoms with E-state index in [1.807, 2.05) is 6.92 Å². The second-order valence-electron chi connectivity index (χ2n) is 4.13. The van der Waals surface area contributed by atoms with Crippen LogP contribution in [0.3, 0.4) is 0 Å². The monoisotopic (exact) mass is 284 g/mol. The molecule has 1 atom stereocenters. The predicted octanol–water partition coefficient (Wildman–Crippen LogP) is 2.21. The molecule has 110 valence electrons. The van der Waals surface area contributed by atoms with E-state index in [9.17, 15) is 14.0 Å². The fourth-order valence-electron chi connectivity index (χ4n) is 1.62. The molecular weight excluding hydrogens is 267 g/mol. The molecule has 1 aromatic rings. The molecular formula is C13H17FN2O4. The highest BCUT2D eigenvalue weighted by Crippen LogP contribution is 2.20. The summed E-state index contributed by atoms with van der Waals surface area (Å²) in [4.78, 5) is 22.5. The van der Waals surface area contributed by atoms with E-state index in [1.54, 1.807) is 0 Å². The molecule has 0 spiro atoms. The van der Waals surface area contributed by atoms with E-state index in [0.717, 1.165) is 6.07 Å². The summed E-state index contributed by atoms with van der Waals surface area (Å²) >= 11 is 0. The van der Waals surface area contributed by atoms with Crippen LogP contribution in [-0.2, 0) is 4.79 Å². The molecule has 0 saturated carbocycles. The molecule has 3 N–H and O–H groups in total. The van der Waals surface area contributed by atoms with Crippen LogP contribution in [0.15, 0.2) is 18.2 Å². The Morgan fingerprint density at radius 3 is 2.65 bits per heavy atom. The molecule has 2 amide bonds. The summed E-state index contributed by atoms with van der Waals surface area (Å²) in [5.41, 5.74) is 0.210. The molecule has 0 unspecified atom stereocenters. The number of carbonyl (C=O) groups is 2. The highest BCUT2D eigenvalue weighted by molar-refractivity contribution is 5.92. The first-order chi connectivity index (χ1) is 9.47. The number of methoxy groups -OCH3 is 1. The minimum atomic E-state index is -1.11. The van der Waals surface area contributed by atoms with E-state index >= 15 is 0 Å². The number of urea groups is 1. The molecule has 1 rings (SSSR count). The molecule has 0 aromatic heterocycles. The Balaban J connectivity index is 2.66. The van der Waals surface area contributed by atoms with Crippen molar-refractivity contribution in [1.29, 1.82) is 0 Å². The Morgan fingerprint density at radius 1 is 1.45 bits per heavy atom. The number of nitrogens with one attached hydrogen (secondary N) is 2. The third-order valence-electron chi connectivity index (χ3n) is 2.59. The SMILES string of the molecule is CCC[C@@H](NC(=O)Nc1ccc(OC)c(F)c1)C(=O)O. The fourth-order valence-corrected chi connectivity index (χ4v) is 1.62. The van der Waals surface area contributed by atoms with Crippen LogP contribution in [0.5, 0.6) is 5.75 Å². The zero-order chi connectivity index (χ0) is 15.1. The lowest BCUT2D eigenvalue weighted by atomic mass is 10.2. The van der Waals surface area contributed by atoms with Crippen LogP contribution >= 0.6 is 0 Å². The summed E-state index contributed by atoms with van der Waals surface area (Å²) in [5.74, 6) is -1.66. The van der Waals surface area contributed by atoms with Gasteiger partial charge < -0.3 is 20.5 Å². The molecule has 0 heterocycles. The second kappa shape index (κ2) is 7.32. The Kier molecular flexibility index (Phi) is 5.76. The van der Waals surface area contributed by atoms with Crippen molar-refractivity contribution in [3.8, 4) is 5.75 Å². The number of hydrogen-bond acceptors (Lipinski definition) is 3. The topological polar surface area (TPSA) is 87.7 Å². The van der Waals surface area contributed by atoms with E-state index in [4.69, 9.17) is 9.84 Å². The van der Waals surface area contributed by atoms with Gasteiger partial charge in [0.25, 0.3) is 0 Å². The quantitative estimate of drug-likeness (QED) is 0.747. The Morgan fingerprint density at radius 2 is 2.15 bits per heavy atom. The van der Waals surface area contributed by atoms with Crippen LogP contribution in [0.2, 0.25) is 0 Å². The maximum atomic E-state index is 13.4. The van der Waals surface area contributed by atoms with Gasteiger partial charge in [0.05, 0.1) is 7.11 Å². The second-order valence-corrected chi connectivity index (χ2v) is 4.13. The van der Waals surface area contributed by atoms with Gasteiger partial charge in [-0.2, -0.15) is 0 Å². The van der Waals surface area contributed by atoms with Crippen molar-refractivity contribution in [1.82, 2.24) is 5.32 Å². The number of carboxylic acid groups (broad SMARTS) is 1. The lowest BCUT2D eigenvalue weighted by Gasteiger charge is -2.14. The van der Waals surface area contributed by atoms with Gasteiger partial charge in [-0.15, -0.1) is 0 Å². The number of rotatable bonds is 6. The first-order valence-corrected chi connectivity index (χ1v) is 6.11. The van der Waals surface area contributed by atoms with E-state index < -0.39 is 23.9 Å². The van der Waals surface area contributed by atoms with Gasteiger partial charge in [0, 0.05) is 11.8 Å². The van der Waals surface area contributed by atoms with Crippen LogP contribution in [0.25, 0.3) is 0 Å². The van der Waals surface area contributed by atoms with Gasteiger partial charge in [-0.1, -0.05) is 13.3 Å². The zero-order valence-electron chi connectivity index (χ0n) is 11.3. The average molecular weight is 284 g/mol. The lowest BCUT2D eigenvalue weighted by molar-refractivity contribution is -0.139. The Hall–Kier alpha value is -2.31. The maximum Gasteiger partial charge on any atom is 0.326 e. The molecule has 0 saturated heterocycles. The maximum absolute atomic E-state index is 13.4. The van der Waals surface area contributed by atoms with Gasteiger partial charge in [-0.05, 0) is 18.6 Å². The first-order valence-electron chi connectivity index (χ1n) is 6.11. The van der Waals surface area contributed by atoms with Gasteiger partial charge in [-0.3, -0.25) is 0 Å². The highest BCUT2D eigenvalue weighted by atomic mass is 19.1. The standard InChI is InChI=1S/C13H17FN2O4/c1-3-4-10(12(17)18)16-13(19)15-8-5-6-11(20-2)9(14)7-8/h5-7,10H,3-4H2,1-2H3,(H,17,18)(H2,15,16,19)/t10-/m1/s1. The summed E-state index contributed by atoms with van der Waals surface area (Å²) in [7, 11) is 1.33. The normalized spacial score (nSPS) is 11.6. The zero-order valence-corrected chi connectivity index (χ0v) is 11.3. The third kappa shape index (κ3) is 4.42. The Bertz CT molecular complexity index is 493. The summed E-state index contributed by atoms with van der Waals surface area (Å²) in [5, 5.41) is 13.6. The number of ether oxygens (including phenoxy) is 1. The molecule has 6 nitrogen and oxygen atoms in total. The van der Waals surface area contributed by atoms with Crippen LogP contribution in [0.1, 0.15) is 19.8 Å². The van der Waals surface area contributed by atoms with Gasteiger partial charge in [0.1, 0.15) is 6.04 Å². The molecule has 0 aliphatic carbocycles. The van der Waals surface area contributed by atoms with Crippen LogP contribution in [0, 0.1) is 5.82 Å². The van der Waals surface area contributed by atoms with Gasteiger partial charge in [0.15, 0.2) is 11.6 Å². The van der Waals surface area contributed by atoms with Crippen LogP contribution < -0.4 is 15.4 Å². The lowest BCUT2D eigenvalue weighted by Crippen LogP contribution is -2.42. The van der Waals surface area contributed by atoms with Crippen molar-refractivity contribution in [2.75, 3.05) is 12.4 Å². The Labute approximate surface area is 115 Å². The highest BCUT2D eigenvalue weighted by Gasteiger charge is 2.18. The van der Waals surface area contributed by atoms with Crippen LogP contribution in [-0.4, -0.2) is 30.3 Å². The minimum absolute atomic E-state index is 0.0605. The smallest absolute Gasteiger partial charge is 0.326 e. The van der Waals surface area contributed by atoms with E-state index in [2.05, 4.69) is 10.6 Å². The van der Waals surface area contributed by atoms with Crippen molar-refractivity contribution in [2.45, 2.75) is 25.8 Å². The summed E-state index contributed by atoms with van der Waals surface area (Å²) in [6, 6.07) is 2.25.